The van der Waals surface area contributed by atoms with Crippen molar-refractivity contribution in [2.75, 3.05) is 13.6 Å². The molecule has 0 radical (unpaired) electrons. The summed E-state index contributed by atoms with van der Waals surface area (Å²) >= 11 is 5.91. The van der Waals surface area contributed by atoms with E-state index < -0.39 is 0 Å². The molecular formula is C13H14ClNO. The molecule has 84 valence electrons. The maximum absolute atomic E-state index is 5.91. The smallest absolute Gasteiger partial charge is 0.134 e. The number of nitrogens with one attached hydrogen (secondary N) is 1. The molecule has 0 atom stereocenters. The largest absolute Gasteiger partial charge is 0.457 e. The highest BCUT2D eigenvalue weighted by atomic mass is 35.5. The second-order valence-corrected chi connectivity index (χ2v) is 4.06. The lowest BCUT2D eigenvalue weighted by atomic mass is 10.2. The Morgan fingerprint density at radius 1 is 1.38 bits per heavy atom. The van der Waals surface area contributed by atoms with Crippen molar-refractivity contribution in [1.82, 2.24) is 5.32 Å². The summed E-state index contributed by atoms with van der Waals surface area (Å²) in [5, 5.41) is 4.87. The van der Waals surface area contributed by atoms with Crippen LogP contribution in [0, 0.1) is 0 Å². The van der Waals surface area contributed by atoms with Crippen LogP contribution in [0.5, 0.6) is 0 Å². The molecule has 0 saturated carbocycles. The van der Waals surface area contributed by atoms with Crippen molar-refractivity contribution < 1.29 is 4.42 Å². The molecule has 1 heterocycles. The lowest BCUT2D eigenvalue weighted by Gasteiger charge is -1.90. The van der Waals surface area contributed by atoms with Crippen LogP contribution < -0.4 is 5.32 Å². The molecule has 0 aliphatic heterocycles. The molecule has 0 amide bonds. The average Bonchev–Trinajstić information content (AvgIpc) is 2.66. The Hall–Kier alpha value is -1.25. The fourth-order valence-electron chi connectivity index (χ4n) is 1.54. The van der Waals surface area contributed by atoms with Gasteiger partial charge in [0.25, 0.3) is 0 Å². The highest BCUT2D eigenvalue weighted by molar-refractivity contribution is 6.31. The molecule has 16 heavy (non-hydrogen) atoms. The van der Waals surface area contributed by atoms with Crippen molar-refractivity contribution in [3.05, 3.63) is 41.1 Å². The van der Waals surface area contributed by atoms with Crippen molar-refractivity contribution >= 4 is 28.6 Å². The van der Waals surface area contributed by atoms with Crippen LogP contribution in [0.3, 0.4) is 0 Å². The van der Waals surface area contributed by atoms with Gasteiger partial charge in [0.1, 0.15) is 11.3 Å². The molecular weight excluding hydrogens is 222 g/mol. The molecule has 0 unspecified atom stereocenters. The Kier molecular flexibility index (Phi) is 3.65. The number of furan rings is 1. The number of rotatable bonds is 4. The van der Waals surface area contributed by atoms with Gasteiger partial charge in [-0.15, -0.1) is 0 Å². The van der Waals surface area contributed by atoms with E-state index in [1.807, 2.05) is 37.4 Å². The highest BCUT2D eigenvalue weighted by Crippen LogP contribution is 2.23. The van der Waals surface area contributed by atoms with E-state index in [2.05, 4.69) is 11.4 Å². The minimum Gasteiger partial charge on any atom is -0.457 e. The van der Waals surface area contributed by atoms with Crippen LogP contribution in [0.4, 0.5) is 0 Å². The summed E-state index contributed by atoms with van der Waals surface area (Å²) < 4.78 is 5.64. The fraction of sp³-hybridized carbons (Fsp3) is 0.231. The molecule has 2 aromatic rings. The predicted octanol–water partition coefficient (Wildman–Crippen LogP) is 3.71. The summed E-state index contributed by atoms with van der Waals surface area (Å²) in [6, 6.07) is 7.63. The van der Waals surface area contributed by atoms with Crippen LogP contribution in [0.2, 0.25) is 5.02 Å². The summed E-state index contributed by atoms with van der Waals surface area (Å²) in [6.45, 7) is 0.975. The van der Waals surface area contributed by atoms with Gasteiger partial charge in [-0.25, -0.2) is 0 Å². The van der Waals surface area contributed by atoms with E-state index in [0.717, 1.165) is 34.7 Å². The van der Waals surface area contributed by atoms with Gasteiger partial charge in [-0.1, -0.05) is 17.7 Å². The zero-order valence-electron chi connectivity index (χ0n) is 9.16. The third-order valence-electron chi connectivity index (χ3n) is 2.34. The predicted molar refractivity (Wildman–Crippen MR) is 68.8 cm³/mol. The molecule has 0 aliphatic rings. The van der Waals surface area contributed by atoms with Crippen LogP contribution in [0.25, 0.3) is 17.0 Å². The highest BCUT2D eigenvalue weighted by Gasteiger charge is 2.00. The quantitative estimate of drug-likeness (QED) is 0.818. The van der Waals surface area contributed by atoms with E-state index in [9.17, 15) is 0 Å². The zero-order valence-corrected chi connectivity index (χ0v) is 9.92. The Morgan fingerprint density at radius 3 is 3.06 bits per heavy atom. The summed E-state index contributed by atoms with van der Waals surface area (Å²) in [5.41, 5.74) is 0.873. The molecule has 0 fully saturated rings. The van der Waals surface area contributed by atoms with Crippen molar-refractivity contribution in [1.29, 1.82) is 0 Å². The normalized spacial score (nSPS) is 11.6. The first-order valence-corrected chi connectivity index (χ1v) is 5.67. The molecule has 2 nitrogen and oxygen atoms in total. The molecule has 0 bridgehead atoms. The monoisotopic (exact) mass is 235 g/mol. The molecule has 2 rings (SSSR count). The first-order chi connectivity index (χ1) is 7.79. The molecule has 0 saturated heterocycles. The third-order valence-corrected chi connectivity index (χ3v) is 2.58. The molecule has 0 aliphatic carbocycles. The fourth-order valence-corrected chi connectivity index (χ4v) is 1.72. The first kappa shape index (κ1) is 11.2. The van der Waals surface area contributed by atoms with Crippen molar-refractivity contribution in [3.8, 4) is 0 Å². The van der Waals surface area contributed by atoms with Crippen LogP contribution in [0.15, 0.2) is 34.8 Å². The minimum atomic E-state index is 0.735. The summed E-state index contributed by atoms with van der Waals surface area (Å²) in [4.78, 5) is 0. The van der Waals surface area contributed by atoms with Gasteiger partial charge in [-0.3, -0.25) is 0 Å². The number of fused-ring (bicyclic) bond motifs is 1. The van der Waals surface area contributed by atoms with Crippen LogP contribution in [-0.4, -0.2) is 13.6 Å². The van der Waals surface area contributed by atoms with Crippen molar-refractivity contribution in [2.45, 2.75) is 6.42 Å². The topological polar surface area (TPSA) is 25.2 Å². The van der Waals surface area contributed by atoms with Gasteiger partial charge in [0, 0.05) is 10.4 Å². The van der Waals surface area contributed by atoms with Gasteiger partial charge in [0.2, 0.25) is 0 Å². The summed E-state index contributed by atoms with van der Waals surface area (Å²) in [5.74, 6) is 0.869. The molecule has 0 spiro atoms. The Labute approximate surface area is 99.9 Å². The van der Waals surface area contributed by atoms with Gasteiger partial charge >= 0.3 is 0 Å². The van der Waals surface area contributed by atoms with E-state index in [-0.39, 0.29) is 0 Å². The first-order valence-electron chi connectivity index (χ1n) is 5.30. The van der Waals surface area contributed by atoms with Crippen LogP contribution in [-0.2, 0) is 0 Å². The number of hydrogen-bond acceptors (Lipinski definition) is 2. The van der Waals surface area contributed by atoms with Gasteiger partial charge < -0.3 is 9.73 Å². The Bertz CT molecular complexity index is 502. The van der Waals surface area contributed by atoms with E-state index in [4.69, 9.17) is 16.0 Å². The standard InChI is InChI=1S/C13H14ClNO/c1-15-7-3-2-4-12-9-10-8-11(14)5-6-13(10)16-12/h2,4-6,8-9,15H,3,7H2,1H3/b4-2+. The zero-order chi connectivity index (χ0) is 11.4. The van der Waals surface area contributed by atoms with Crippen LogP contribution >= 0.6 is 11.6 Å². The third kappa shape index (κ3) is 2.65. The maximum Gasteiger partial charge on any atom is 0.134 e. The maximum atomic E-state index is 5.91. The lowest BCUT2D eigenvalue weighted by Crippen LogP contribution is -2.05. The number of hydrogen-bond donors (Lipinski definition) is 1. The van der Waals surface area contributed by atoms with Crippen molar-refractivity contribution in [3.63, 3.8) is 0 Å². The van der Waals surface area contributed by atoms with E-state index in [0.29, 0.717) is 0 Å². The SMILES string of the molecule is CNCC/C=C/c1cc2cc(Cl)ccc2o1. The second-order valence-electron chi connectivity index (χ2n) is 3.63. The average molecular weight is 236 g/mol. The molecule has 3 heteroatoms. The van der Waals surface area contributed by atoms with Gasteiger partial charge in [-0.05, 0) is 50.4 Å². The number of halogens is 1. The molecule has 1 N–H and O–H groups in total. The van der Waals surface area contributed by atoms with Gasteiger partial charge in [-0.2, -0.15) is 0 Å². The van der Waals surface area contributed by atoms with Crippen molar-refractivity contribution in [2.24, 2.45) is 0 Å². The summed E-state index contributed by atoms with van der Waals surface area (Å²) in [6.07, 6.45) is 5.08. The van der Waals surface area contributed by atoms with Crippen LogP contribution in [0.1, 0.15) is 12.2 Å². The number of benzene rings is 1. The molecule has 1 aromatic heterocycles. The van der Waals surface area contributed by atoms with E-state index >= 15 is 0 Å². The molecule has 1 aromatic carbocycles. The lowest BCUT2D eigenvalue weighted by molar-refractivity contribution is 0.604. The van der Waals surface area contributed by atoms with Gasteiger partial charge in [0.15, 0.2) is 0 Å². The van der Waals surface area contributed by atoms with E-state index in [1.165, 1.54) is 0 Å². The van der Waals surface area contributed by atoms with Gasteiger partial charge in [0.05, 0.1) is 0 Å². The van der Waals surface area contributed by atoms with E-state index in [1.54, 1.807) is 0 Å². The summed E-state index contributed by atoms with van der Waals surface area (Å²) in [7, 11) is 1.94. The Morgan fingerprint density at radius 2 is 2.25 bits per heavy atom. The Balaban J connectivity index is 2.16. The minimum absolute atomic E-state index is 0.735. The second kappa shape index (κ2) is 5.19.